The van der Waals surface area contributed by atoms with Crippen molar-refractivity contribution in [2.75, 3.05) is 13.2 Å². The van der Waals surface area contributed by atoms with Crippen molar-refractivity contribution in [2.45, 2.75) is 19.4 Å². The molecule has 1 aliphatic heterocycles. The molecule has 8 heteroatoms. The summed E-state index contributed by atoms with van der Waals surface area (Å²) in [6, 6.07) is 12.8. The van der Waals surface area contributed by atoms with Gasteiger partial charge in [0.2, 0.25) is 5.91 Å². The molecule has 0 bridgehead atoms. The van der Waals surface area contributed by atoms with Gasteiger partial charge in [-0.3, -0.25) is 24.1 Å². The van der Waals surface area contributed by atoms with Gasteiger partial charge in [0.05, 0.1) is 30.1 Å². The number of hydrogen-bond donors (Lipinski definition) is 1. The van der Waals surface area contributed by atoms with Crippen molar-refractivity contribution in [3.63, 3.8) is 0 Å². The molecule has 150 valence electrons. The molecule has 0 spiro atoms. The maximum Gasteiger partial charge on any atom is 0.308 e. The Morgan fingerprint density at radius 1 is 1.03 bits per heavy atom. The van der Waals surface area contributed by atoms with E-state index in [1.54, 1.807) is 48.5 Å². The number of nitrogens with zero attached hydrogens (tertiary/aromatic N) is 1. The fourth-order valence-corrected chi connectivity index (χ4v) is 3.43. The highest BCUT2D eigenvalue weighted by Crippen LogP contribution is 2.26. The van der Waals surface area contributed by atoms with E-state index in [2.05, 4.69) is 5.32 Å². The van der Waals surface area contributed by atoms with Crippen LogP contribution in [0, 0.1) is 0 Å². The van der Waals surface area contributed by atoms with Crippen LogP contribution in [0.4, 0.5) is 0 Å². The highest BCUT2D eigenvalue weighted by molar-refractivity contribution is 6.31. The lowest BCUT2D eigenvalue weighted by atomic mass is 10.0. The summed E-state index contributed by atoms with van der Waals surface area (Å²) in [7, 11) is 0. The van der Waals surface area contributed by atoms with Crippen molar-refractivity contribution in [1.82, 2.24) is 10.2 Å². The van der Waals surface area contributed by atoms with Gasteiger partial charge < -0.3 is 10.1 Å². The Labute approximate surface area is 172 Å². The molecular formula is C21H19ClN2O5. The largest absolute Gasteiger partial charge is 0.464 e. The highest BCUT2D eigenvalue weighted by Gasteiger charge is 2.34. The Bertz CT molecular complexity index is 940. The van der Waals surface area contributed by atoms with Crippen LogP contribution in [-0.4, -0.2) is 41.7 Å². The minimum Gasteiger partial charge on any atom is -0.464 e. The minimum atomic E-state index is -0.645. The van der Waals surface area contributed by atoms with Crippen LogP contribution < -0.4 is 5.32 Å². The molecule has 3 amide bonds. The summed E-state index contributed by atoms with van der Waals surface area (Å²) in [4.78, 5) is 49.4. The molecule has 0 aliphatic carbocycles. The molecule has 3 rings (SSSR count). The van der Waals surface area contributed by atoms with Crippen molar-refractivity contribution in [2.24, 2.45) is 0 Å². The standard InChI is InChI=1S/C21H19ClN2O5/c1-13(25)23-18(16-8-4-5-9-17(16)22)12-19(26)29-11-10-24-20(27)14-6-2-3-7-15(14)21(24)28/h2-9,18H,10-12H2,1H3,(H,23,25). The van der Waals surface area contributed by atoms with Gasteiger partial charge in [-0.05, 0) is 23.8 Å². The third-order valence-electron chi connectivity index (χ3n) is 4.49. The number of nitrogens with one attached hydrogen (secondary N) is 1. The first kappa shape index (κ1) is 20.5. The van der Waals surface area contributed by atoms with Crippen LogP contribution in [0.25, 0.3) is 0 Å². The third kappa shape index (κ3) is 4.63. The summed E-state index contributed by atoms with van der Waals surface area (Å²) in [6.07, 6.45) is -0.134. The number of carbonyl (C=O) groups is 4. The highest BCUT2D eigenvalue weighted by atomic mass is 35.5. The zero-order valence-corrected chi connectivity index (χ0v) is 16.4. The average molecular weight is 415 g/mol. The first-order chi connectivity index (χ1) is 13.9. The van der Waals surface area contributed by atoms with E-state index < -0.39 is 23.8 Å². The van der Waals surface area contributed by atoms with E-state index in [4.69, 9.17) is 16.3 Å². The van der Waals surface area contributed by atoms with Gasteiger partial charge in [-0.2, -0.15) is 0 Å². The molecule has 1 aliphatic rings. The molecule has 0 radical (unpaired) electrons. The Morgan fingerprint density at radius 2 is 1.62 bits per heavy atom. The van der Waals surface area contributed by atoms with Crippen LogP contribution in [0.3, 0.4) is 0 Å². The number of fused-ring (bicyclic) bond motifs is 1. The lowest BCUT2D eigenvalue weighted by Crippen LogP contribution is -2.34. The van der Waals surface area contributed by atoms with Crippen molar-refractivity contribution in [1.29, 1.82) is 0 Å². The van der Waals surface area contributed by atoms with Gasteiger partial charge in [0, 0.05) is 11.9 Å². The summed E-state index contributed by atoms with van der Waals surface area (Å²) < 4.78 is 5.19. The van der Waals surface area contributed by atoms with Crippen molar-refractivity contribution < 1.29 is 23.9 Å². The molecule has 7 nitrogen and oxygen atoms in total. The monoisotopic (exact) mass is 414 g/mol. The summed E-state index contributed by atoms with van der Waals surface area (Å²) in [5.74, 6) is -1.71. The second kappa shape index (κ2) is 8.87. The van der Waals surface area contributed by atoms with E-state index >= 15 is 0 Å². The summed E-state index contributed by atoms with van der Waals surface area (Å²) in [5.41, 5.74) is 1.28. The van der Waals surface area contributed by atoms with Gasteiger partial charge in [-0.15, -0.1) is 0 Å². The fraction of sp³-hybridized carbons (Fsp3) is 0.238. The van der Waals surface area contributed by atoms with Gasteiger partial charge in [-0.1, -0.05) is 41.9 Å². The Morgan fingerprint density at radius 3 is 2.21 bits per heavy atom. The molecule has 29 heavy (non-hydrogen) atoms. The predicted molar refractivity (Wildman–Crippen MR) is 105 cm³/mol. The maximum absolute atomic E-state index is 12.3. The summed E-state index contributed by atoms with van der Waals surface area (Å²) in [5, 5.41) is 3.10. The molecule has 1 N–H and O–H groups in total. The second-order valence-corrected chi connectivity index (χ2v) is 6.91. The molecule has 2 aromatic carbocycles. The first-order valence-corrected chi connectivity index (χ1v) is 9.38. The SMILES string of the molecule is CC(=O)NC(CC(=O)OCCN1C(=O)c2ccccc2C1=O)c1ccccc1Cl. The Balaban J connectivity index is 1.58. The van der Waals surface area contributed by atoms with Crippen molar-refractivity contribution in [3.05, 3.63) is 70.2 Å². The average Bonchev–Trinajstić information content (AvgIpc) is 2.93. The van der Waals surface area contributed by atoms with E-state index in [0.717, 1.165) is 4.90 Å². The minimum absolute atomic E-state index is 0.0466. The van der Waals surface area contributed by atoms with Crippen molar-refractivity contribution >= 4 is 35.3 Å². The maximum atomic E-state index is 12.3. The summed E-state index contributed by atoms with van der Waals surface area (Å²) in [6.45, 7) is 1.16. The van der Waals surface area contributed by atoms with Crippen LogP contribution in [0.1, 0.15) is 45.7 Å². The summed E-state index contributed by atoms with van der Waals surface area (Å²) >= 11 is 6.17. The molecule has 0 saturated carbocycles. The van der Waals surface area contributed by atoms with Gasteiger partial charge in [-0.25, -0.2) is 0 Å². The van der Waals surface area contributed by atoms with E-state index in [0.29, 0.717) is 21.7 Å². The number of carbonyl (C=O) groups excluding carboxylic acids is 4. The second-order valence-electron chi connectivity index (χ2n) is 6.51. The third-order valence-corrected chi connectivity index (χ3v) is 4.83. The number of rotatable bonds is 7. The number of hydrogen-bond acceptors (Lipinski definition) is 5. The number of benzene rings is 2. The number of ether oxygens (including phenoxy) is 1. The zero-order chi connectivity index (χ0) is 21.0. The molecule has 0 fully saturated rings. The van der Waals surface area contributed by atoms with E-state index in [1.165, 1.54) is 6.92 Å². The van der Waals surface area contributed by atoms with Gasteiger partial charge >= 0.3 is 5.97 Å². The van der Waals surface area contributed by atoms with Crippen LogP contribution >= 0.6 is 11.6 Å². The van der Waals surface area contributed by atoms with Crippen LogP contribution in [0.2, 0.25) is 5.02 Å². The number of imide groups is 1. The smallest absolute Gasteiger partial charge is 0.308 e. The zero-order valence-electron chi connectivity index (χ0n) is 15.7. The Hall–Kier alpha value is -3.19. The number of amides is 3. The number of esters is 1. The van der Waals surface area contributed by atoms with Crippen LogP contribution in [0.15, 0.2) is 48.5 Å². The molecule has 1 atom stereocenters. The molecule has 0 aromatic heterocycles. The molecular weight excluding hydrogens is 396 g/mol. The fourth-order valence-electron chi connectivity index (χ4n) is 3.16. The van der Waals surface area contributed by atoms with E-state index in [-0.39, 0.29) is 25.5 Å². The van der Waals surface area contributed by atoms with Gasteiger partial charge in [0.1, 0.15) is 6.61 Å². The molecule has 0 saturated heterocycles. The predicted octanol–water partition coefficient (Wildman–Crippen LogP) is 2.75. The first-order valence-electron chi connectivity index (χ1n) is 9.01. The van der Waals surface area contributed by atoms with Crippen molar-refractivity contribution in [3.8, 4) is 0 Å². The lowest BCUT2D eigenvalue weighted by molar-refractivity contribution is -0.144. The molecule has 1 unspecified atom stereocenters. The normalized spacial score (nSPS) is 13.8. The van der Waals surface area contributed by atoms with E-state index in [9.17, 15) is 19.2 Å². The van der Waals surface area contributed by atoms with Crippen LogP contribution in [-0.2, 0) is 14.3 Å². The topological polar surface area (TPSA) is 92.8 Å². The van der Waals surface area contributed by atoms with Gasteiger partial charge in [0.25, 0.3) is 11.8 Å². The number of halogens is 1. The Kier molecular flexibility index (Phi) is 6.29. The quantitative estimate of drug-likeness (QED) is 0.555. The lowest BCUT2D eigenvalue weighted by Gasteiger charge is -2.19. The van der Waals surface area contributed by atoms with Crippen LogP contribution in [0.5, 0.6) is 0 Å². The molecule has 2 aromatic rings. The van der Waals surface area contributed by atoms with Gasteiger partial charge in [0.15, 0.2) is 0 Å². The molecule has 1 heterocycles. The van der Waals surface area contributed by atoms with E-state index in [1.807, 2.05) is 0 Å².